The van der Waals surface area contributed by atoms with Crippen LogP contribution in [-0.2, 0) is 14.3 Å². The number of esters is 1. The zero-order valence-corrected chi connectivity index (χ0v) is 16.8. The van der Waals surface area contributed by atoms with Gasteiger partial charge in [-0.25, -0.2) is 4.79 Å². The Hall–Kier alpha value is -2.41. The summed E-state index contributed by atoms with van der Waals surface area (Å²) in [4.78, 5) is 22.8. The Labute approximate surface area is 166 Å². The van der Waals surface area contributed by atoms with E-state index in [1.807, 2.05) is 24.3 Å². The number of amides is 1. The van der Waals surface area contributed by atoms with Crippen LogP contribution >= 0.6 is 12.2 Å². The predicted molar refractivity (Wildman–Crippen MR) is 111 cm³/mol. The van der Waals surface area contributed by atoms with Gasteiger partial charge in [0.25, 0.3) is 0 Å². The summed E-state index contributed by atoms with van der Waals surface area (Å²) in [7, 11) is 0. The minimum Gasteiger partial charge on any atom is -0.494 e. The molecule has 6 nitrogen and oxygen atoms in total. The van der Waals surface area contributed by atoms with Gasteiger partial charge in [-0.1, -0.05) is 32.6 Å². The minimum atomic E-state index is -0.576. The summed E-state index contributed by atoms with van der Waals surface area (Å²) in [5.74, 6) is -0.292. The average Bonchev–Trinajstić information content (AvgIpc) is 2.64. The Bertz CT molecular complexity index is 629. The first-order valence-corrected chi connectivity index (χ1v) is 9.65. The van der Waals surface area contributed by atoms with Crippen LogP contribution in [0.2, 0.25) is 0 Å². The lowest BCUT2D eigenvalue weighted by molar-refractivity contribution is -0.137. The highest BCUT2D eigenvalue weighted by molar-refractivity contribution is 7.80. The molecule has 0 saturated carbocycles. The molecular formula is C20H28N2O4S. The molecule has 0 aliphatic heterocycles. The summed E-state index contributed by atoms with van der Waals surface area (Å²) < 4.78 is 10.4. The quantitative estimate of drug-likeness (QED) is 0.257. The maximum absolute atomic E-state index is 11.7. The summed E-state index contributed by atoms with van der Waals surface area (Å²) >= 11 is 5.07. The first-order valence-electron chi connectivity index (χ1n) is 9.24. The van der Waals surface area contributed by atoms with Gasteiger partial charge < -0.3 is 14.8 Å². The van der Waals surface area contributed by atoms with Crippen molar-refractivity contribution in [3.05, 3.63) is 36.4 Å². The zero-order chi connectivity index (χ0) is 19.9. The normalized spacial score (nSPS) is 10.4. The van der Waals surface area contributed by atoms with Crippen molar-refractivity contribution in [3.8, 4) is 5.75 Å². The van der Waals surface area contributed by atoms with Gasteiger partial charge in [0, 0.05) is 17.8 Å². The Morgan fingerprint density at radius 3 is 2.41 bits per heavy atom. The van der Waals surface area contributed by atoms with Crippen LogP contribution in [0.4, 0.5) is 5.69 Å². The topological polar surface area (TPSA) is 76.7 Å². The third-order valence-electron chi connectivity index (χ3n) is 3.52. The van der Waals surface area contributed by atoms with E-state index >= 15 is 0 Å². The molecular weight excluding hydrogens is 364 g/mol. The number of carbonyl (C=O) groups is 2. The first kappa shape index (κ1) is 22.6. The van der Waals surface area contributed by atoms with E-state index in [4.69, 9.17) is 21.7 Å². The second kappa shape index (κ2) is 13.7. The van der Waals surface area contributed by atoms with Crippen LogP contribution in [0, 0.1) is 0 Å². The number of hydrogen-bond acceptors (Lipinski definition) is 5. The fourth-order valence-corrected chi connectivity index (χ4v) is 2.40. The Morgan fingerprint density at radius 2 is 1.74 bits per heavy atom. The third kappa shape index (κ3) is 11.0. The van der Waals surface area contributed by atoms with E-state index in [9.17, 15) is 9.59 Å². The number of ether oxygens (including phenoxy) is 2. The van der Waals surface area contributed by atoms with Gasteiger partial charge in [0.2, 0.25) is 5.91 Å². The van der Waals surface area contributed by atoms with Crippen LogP contribution in [0.25, 0.3) is 0 Å². The predicted octanol–water partition coefficient (Wildman–Crippen LogP) is 3.97. The lowest BCUT2D eigenvalue weighted by Crippen LogP contribution is -2.32. The lowest BCUT2D eigenvalue weighted by atomic mass is 10.2. The fourth-order valence-electron chi connectivity index (χ4n) is 2.18. The molecule has 0 aromatic heterocycles. The highest BCUT2D eigenvalue weighted by Crippen LogP contribution is 2.16. The molecule has 2 N–H and O–H groups in total. The van der Waals surface area contributed by atoms with E-state index in [1.165, 1.54) is 25.7 Å². The molecule has 1 aromatic rings. The van der Waals surface area contributed by atoms with E-state index < -0.39 is 11.9 Å². The Kier molecular flexibility index (Phi) is 11.5. The van der Waals surface area contributed by atoms with Gasteiger partial charge in [-0.15, -0.1) is 0 Å². The number of anilines is 1. The first-order chi connectivity index (χ1) is 13.0. The van der Waals surface area contributed by atoms with Crippen LogP contribution < -0.4 is 15.4 Å². The standard InChI is InChI=1S/C20H28N2O4S/c1-3-5-6-7-8-15-26-17-11-9-16(10-12-17)21-20(27)22-18(23)13-14-19(24)25-4-2/h9-14H,3-8,15H2,1-2H3,(H2,21,22,23,27). The Morgan fingerprint density at radius 1 is 1.04 bits per heavy atom. The minimum absolute atomic E-state index is 0.137. The van der Waals surface area contributed by atoms with Crippen molar-refractivity contribution in [2.24, 2.45) is 0 Å². The lowest BCUT2D eigenvalue weighted by Gasteiger charge is -2.10. The zero-order valence-electron chi connectivity index (χ0n) is 16.0. The van der Waals surface area contributed by atoms with Gasteiger partial charge >= 0.3 is 5.97 Å². The fraction of sp³-hybridized carbons (Fsp3) is 0.450. The average molecular weight is 393 g/mol. The van der Waals surface area contributed by atoms with Gasteiger partial charge in [0.05, 0.1) is 13.2 Å². The number of benzene rings is 1. The van der Waals surface area contributed by atoms with E-state index in [0.717, 1.165) is 30.0 Å². The Balaban J connectivity index is 2.32. The summed E-state index contributed by atoms with van der Waals surface area (Å²) in [6.07, 6.45) is 8.12. The summed E-state index contributed by atoms with van der Waals surface area (Å²) in [6.45, 7) is 4.85. The second-order valence-electron chi connectivity index (χ2n) is 5.82. The monoisotopic (exact) mass is 392 g/mol. The van der Waals surface area contributed by atoms with Crippen molar-refractivity contribution in [3.63, 3.8) is 0 Å². The van der Waals surface area contributed by atoms with Crippen LogP contribution in [-0.4, -0.2) is 30.2 Å². The molecule has 0 bridgehead atoms. The molecule has 0 atom stereocenters. The van der Waals surface area contributed by atoms with Crippen LogP contribution in [0.3, 0.4) is 0 Å². The molecule has 0 spiro atoms. The van der Waals surface area contributed by atoms with E-state index in [1.54, 1.807) is 6.92 Å². The number of hydrogen-bond donors (Lipinski definition) is 2. The van der Waals surface area contributed by atoms with Gasteiger partial charge in [-0.3, -0.25) is 10.1 Å². The molecule has 7 heteroatoms. The third-order valence-corrected chi connectivity index (χ3v) is 3.73. The van der Waals surface area contributed by atoms with Crippen molar-refractivity contribution >= 4 is 34.9 Å². The van der Waals surface area contributed by atoms with E-state index in [0.29, 0.717) is 6.61 Å². The van der Waals surface area contributed by atoms with Gasteiger partial charge in [0.15, 0.2) is 5.11 Å². The molecule has 27 heavy (non-hydrogen) atoms. The molecule has 0 radical (unpaired) electrons. The van der Waals surface area contributed by atoms with Crippen molar-refractivity contribution in [1.82, 2.24) is 5.32 Å². The van der Waals surface area contributed by atoms with Crippen molar-refractivity contribution in [2.45, 2.75) is 46.0 Å². The van der Waals surface area contributed by atoms with Crippen molar-refractivity contribution in [2.75, 3.05) is 18.5 Å². The molecule has 0 aliphatic carbocycles. The maximum atomic E-state index is 11.7. The number of rotatable bonds is 11. The molecule has 0 unspecified atom stereocenters. The second-order valence-corrected chi connectivity index (χ2v) is 6.22. The highest BCUT2D eigenvalue weighted by Gasteiger charge is 2.03. The number of unbranched alkanes of at least 4 members (excludes halogenated alkanes) is 4. The van der Waals surface area contributed by atoms with E-state index in [2.05, 4.69) is 17.6 Å². The van der Waals surface area contributed by atoms with Gasteiger partial charge in [0.1, 0.15) is 5.75 Å². The van der Waals surface area contributed by atoms with Crippen molar-refractivity contribution in [1.29, 1.82) is 0 Å². The molecule has 0 heterocycles. The maximum Gasteiger partial charge on any atom is 0.330 e. The number of carbonyl (C=O) groups excluding carboxylic acids is 2. The van der Waals surface area contributed by atoms with Crippen LogP contribution in [0.5, 0.6) is 5.75 Å². The molecule has 1 rings (SSSR count). The summed E-state index contributed by atoms with van der Waals surface area (Å²) in [5.41, 5.74) is 0.727. The molecule has 1 amide bonds. The smallest absolute Gasteiger partial charge is 0.330 e. The largest absolute Gasteiger partial charge is 0.494 e. The number of nitrogens with one attached hydrogen (secondary N) is 2. The molecule has 1 aromatic carbocycles. The molecule has 0 saturated heterocycles. The highest BCUT2D eigenvalue weighted by atomic mass is 32.1. The number of thiocarbonyl (C=S) groups is 1. The molecule has 0 fully saturated rings. The van der Waals surface area contributed by atoms with Crippen LogP contribution in [0.15, 0.2) is 36.4 Å². The molecule has 148 valence electrons. The van der Waals surface area contributed by atoms with E-state index in [-0.39, 0.29) is 11.7 Å². The summed E-state index contributed by atoms with van der Waals surface area (Å²) in [6, 6.07) is 7.33. The van der Waals surface area contributed by atoms with Crippen LogP contribution in [0.1, 0.15) is 46.0 Å². The molecule has 0 aliphatic rings. The van der Waals surface area contributed by atoms with Crippen molar-refractivity contribution < 1.29 is 19.1 Å². The SMILES string of the molecule is CCCCCCCOc1ccc(NC(=S)NC(=O)C=CC(=O)OCC)cc1. The van der Waals surface area contributed by atoms with Gasteiger partial charge in [-0.05, 0) is 49.8 Å². The summed E-state index contributed by atoms with van der Waals surface area (Å²) in [5, 5.41) is 5.49. The van der Waals surface area contributed by atoms with Gasteiger partial charge in [-0.2, -0.15) is 0 Å².